The van der Waals surface area contributed by atoms with Crippen LogP contribution in [0.5, 0.6) is 0 Å². The van der Waals surface area contributed by atoms with Crippen LogP contribution in [0.2, 0.25) is 0 Å². The lowest BCUT2D eigenvalue weighted by atomic mass is 9.60. The average molecular weight is 1340 g/mol. The summed E-state index contributed by atoms with van der Waals surface area (Å²) in [5, 5.41) is 7.39. The Morgan fingerprint density at radius 1 is 0.324 bits per heavy atom. The van der Waals surface area contributed by atoms with E-state index in [1.165, 1.54) is 105 Å². The fourth-order valence-electron chi connectivity index (χ4n) is 17.8. The number of anilines is 11. The van der Waals surface area contributed by atoms with E-state index >= 15 is 0 Å². The van der Waals surface area contributed by atoms with Crippen molar-refractivity contribution in [2.24, 2.45) is 11.8 Å². The van der Waals surface area contributed by atoms with Gasteiger partial charge < -0.3 is 24.2 Å². The average Bonchev–Trinajstić information content (AvgIpc) is 1.51. The first-order valence-corrected chi connectivity index (χ1v) is 36.8. The molecule has 0 radical (unpaired) electrons. The monoisotopic (exact) mass is 1340 g/mol. The highest BCUT2D eigenvalue weighted by Crippen LogP contribution is 2.65. The zero-order valence-corrected chi connectivity index (χ0v) is 58.3. The number of nitrogens with zero attached hydrogens (tertiary/aromatic N) is 5. The number of para-hydroxylation sites is 6. The summed E-state index contributed by atoms with van der Waals surface area (Å²) in [6, 6.07) is 133. The van der Waals surface area contributed by atoms with Crippen LogP contribution in [0.4, 0.5) is 62.6 Å². The second-order valence-corrected chi connectivity index (χ2v) is 28.4. The van der Waals surface area contributed by atoms with E-state index in [1.54, 1.807) is 0 Å². The molecule has 0 saturated heterocycles. The molecule has 5 nitrogen and oxygen atoms in total. The van der Waals surface area contributed by atoms with Crippen LogP contribution in [-0.2, 0) is 5.41 Å². The number of rotatable bonds is 14. The van der Waals surface area contributed by atoms with Gasteiger partial charge in [-0.05, 0) is 242 Å². The highest BCUT2D eigenvalue weighted by Gasteiger charge is 2.56. The molecule has 1 aliphatic heterocycles. The summed E-state index contributed by atoms with van der Waals surface area (Å²) < 4.78 is 2.57. The van der Waals surface area contributed by atoms with Gasteiger partial charge in [0.25, 0.3) is 0 Å². The minimum absolute atomic E-state index is 0.0727. The number of hydrogen-bond acceptors (Lipinski definition) is 4. The molecule has 498 valence electrons. The SMILES string of the molecule is CC1CC=CC=C1N(c1ccccc1)c1ccc(N(c2ccc(-c3ccc4c(c3)[C@]3(c5ccccc5-n5c6ccccc6c6cccc3c65)C3CC(c5ccc(N(c6ccc(N(c7ccccc7)c7ccccc7)cc6)c6ccc7ccccc7c6)cc5)=CC=C43)cc2)c2ccc3ccccc3c2)cc1. The lowest BCUT2D eigenvalue weighted by molar-refractivity contribution is 0.485. The Hall–Kier alpha value is -13.2. The fraction of sp³-hybridized carbons (Fsp3) is 0.0600. The molecule has 0 fully saturated rings. The smallest absolute Gasteiger partial charge is 0.0585 e. The van der Waals surface area contributed by atoms with Gasteiger partial charge in [0.2, 0.25) is 0 Å². The number of allylic oxidation sites excluding steroid dienone is 8. The number of fused-ring (bicyclic) bond motifs is 14. The zero-order chi connectivity index (χ0) is 69.5. The van der Waals surface area contributed by atoms with Gasteiger partial charge in [-0.25, -0.2) is 0 Å². The highest BCUT2D eigenvalue weighted by molar-refractivity contribution is 6.13. The van der Waals surface area contributed by atoms with Crippen LogP contribution in [-0.4, -0.2) is 4.57 Å². The van der Waals surface area contributed by atoms with Crippen molar-refractivity contribution < 1.29 is 0 Å². The quantitative estimate of drug-likeness (QED) is 0.108. The molecule has 0 amide bonds. The normalized spacial score (nSPS) is 16.1. The van der Waals surface area contributed by atoms with E-state index in [4.69, 9.17) is 0 Å². The van der Waals surface area contributed by atoms with Crippen LogP contribution >= 0.6 is 0 Å². The predicted molar refractivity (Wildman–Crippen MR) is 442 cm³/mol. The van der Waals surface area contributed by atoms with Crippen molar-refractivity contribution in [3.8, 4) is 16.8 Å². The summed E-state index contributed by atoms with van der Waals surface area (Å²) in [7, 11) is 0. The lowest BCUT2D eigenvalue weighted by Crippen LogP contribution is -2.38. The van der Waals surface area contributed by atoms with Crippen LogP contribution in [0.1, 0.15) is 47.6 Å². The summed E-state index contributed by atoms with van der Waals surface area (Å²) in [5.41, 5.74) is 28.3. The van der Waals surface area contributed by atoms with Crippen LogP contribution in [0.25, 0.3) is 71.3 Å². The van der Waals surface area contributed by atoms with Crippen molar-refractivity contribution in [2.45, 2.75) is 25.2 Å². The van der Waals surface area contributed by atoms with Gasteiger partial charge in [-0.1, -0.05) is 237 Å². The van der Waals surface area contributed by atoms with Gasteiger partial charge in [0.1, 0.15) is 0 Å². The van der Waals surface area contributed by atoms with Gasteiger partial charge in [0.05, 0.1) is 22.1 Å². The molecule has 3 aliphatic carbocycles. The molecule has 4 aliphatic rings. The molecule has 5 heteroatoms. The Labute approximate surface area is 613 Å². The first-order valence-electron chi connectivity index (χ1n) is 36.8. The largest absolute Gasteiger partial charge is 0.314 e. The second-order valence-electron chi connectivity index (χ2n) is 28.4. The molecule has 105 heavy (non-hydrogen) atoms. The Kier molecular flexibility index (Phi) is 14.9. The van der Waals surface area contributed by atoms with Crippen molar-refractivity contribution in [3.63, 3.8) is 0 Å². The standard InChI is InChI=1S/C100H73N5/c1-68-22-11-18-37-96(68)104(79-31-9-4-10-32-79)85-60-58-84(59-61-85)103(87-53-45-70-24-13-15-26-74(70)65-87)81-50-42-72(43-51-81)76-47-63-89-88-62-46-75(66-94(88)100(95(89)67-76)92-35-17-20-39-98(92)105-97-38-19-16-33-90(97)91-34-21-36-93(100)99(91)105)71-40-48-80(49-41-71)102(86-52-44-69-23-12-14-25-73(69)64-86)83-56-54-82(55-57-83)101(77-27-5-2-6-28-77)78-29-7-3-8-30-78/h2-21,23-65,67-68,94H,22,66H2,1H3/t68?,94?,100-/m0/s1. The molecule has 2 unspecified atom stereocenters. The molecular formula is C100H73N5. The summed E-state index contributed by atoms with van der Waals surface area (Å²) in [4.78, 5) is 9.57. The summed E-state index contributed by atoms with van der Waals surface area (Å²) in [6.07, 6.45) is 13.5. The molecule has 1 spiro atoms. The molecule has 2 heterocycles. The summed E-state index contributed by atoms with van der Waals surface area (Å²) in [6.45, 7) is 2.33. The molecule has 0 bridgehead atoms. The molecule has 20 rings (SSSR count). The molecule has 1 aromatic heterocycles. The van der Waals surface area contributed by atoms with Gasteiger partial charge in [-0.15, -0.1) is 0 Å². The molecule has 0 saturated carbocycles. The van der Waals surface area contributed by atoms with Gasteiger partial charge >= 0.3 is 0 Å². The van der Waals surface area contributed by atoms with Crippen LogP contribution < -0.4 is 19.6 Å². The van der Waals surface area contributed by atoms with E-state index < -0.39 is 5.41 Å². The topological polar surface area (TPSA) is 17.9 Å². The number of hydrogen-bond donors (Lipinski definition) is 0. The van der Waals surface area contributed by atoms with Gasteiger partial charge in [-0.2, -0.15) is 0 Å². The third-order valence-corrected chi connectivity index (χ3v) is 22.6. The van der Waals surface area contributed by atoms with Gasteiger partial charge in [0, 0.05) is 90.9 Å². The molecular weight excluding hydrogens is 1270 g/mol. The Morgan fingerprint density at radius 3 is 1.36 bits per heavy atom. The summed E-state index contributed by atoms with van der Waals surface area (Å²) in [5.74, 6) is 0.446. The first-order chi connectivity index (χ1) is 52.0. The van der Waals surface area contributed by atoms with E-state index in [2.05, 4.69) is 419 Å². The Balaban J connectivity index is 0.688. The second kappa shape index (κ2) is 25.4. The molecule has 0 N–H and O–H groups in total. The lowest BCUT2D eigenvalue weighted by Gasteiger charge is -2.44. The van der Waals surface area contributed by atoms with E-state index in [0.717, 1.165) is 75.4 Å². The summed E-state index contributed by atoms with van der Waals surface area (Å²) >= 11 is 0. The van der Waals surface area contributed by atoms with Crippen molar-refractivity contribution in [3.05, 3.63) is 422 Å². The van der Waals surface area contributed by atoms with Crippen LogP contribution in [0.3, 0.4) is 0 Å². The third-order valence-electron chi connectivity index (χ3n) is 22.6. The maximum atomic E-state index is 2.57. The van der Waals surface area contributed by atoms with E-state index in [1.807, 2.05) is 0 Å². The first kappa shape index (κ1) is 61.6. The van der Waals surface area contributed by atoms with E-state index in [0.29, 0.717) is 5.92 Å². The predicted octanol–water partition coefficient (Wildman–Crippen LogP) is 26.9. The Bertz CT molecular complexity index is 6130. The van der Waals surface area contributed by atoms with Crippen molar-refractivity contribution >= 4 is 117 Å². The van der Waals surface area contributed by atoms with Crippen LogP contribution in [0.15, 0.2) is 394 Å². The third kappa shape index (κ3) is 10.3. The Morgan fingerprint density at radius 2 is 0.771 bits per heavy atom. The minimum Gasteiger partial charge on any atom is -0.314 e. The number of aromatic nitrogens is 1. The number of benzene rings is 15. The molecule has 3 atom stereocenters. The van der Waals surface area contributed by atoms with Crippen LogP contribution in [0, 0.1) is 11.8 Å². The maximum Gasteiger partial charge on any atom is 0.0585 e. The molecule has 15 aromatic carbocycles. The van der Waals surface area contributed by atoms with E-state index in [9.17, 15) is 0 Å². The van der Waals surface area contributed by atoms with Crippen molar-refractivity contribution in [1.29, 1.82) is 0 Å². The maximum absolute atomic E-state index is 2.57. The zero-order valence-electron chi connectivity index (χ0n) is 58.3. The van der Waals surface area contributed by atoms with Gasteiger partial charge in [0.15, 0.2) is 0 Å². The fourth-order valence-corrected chi connectivity index (χ4v) is 17.8. The van der Waals surface area contributed by atoms with Crippen molar-refractivity contribution in [1.82, 2.24) is 4.57 Å². The van der Waals surface area contributed by atoms with E-state index in [-0.39, 0.29) is 5.92 Å². The van der Waals surface area contributed by atoms with Crippen molar-refractivity contribution in [2.75, 3.05) is 19.6 Å². The van der Waals surface area contributed by atoms with Gasteiger partial charge in [-0.3, -0.25) is 0 Å². The molecule has 16 aromatic rings. The highest BCUT2D eigenvalue weighted by atomic mass is 15.2. The minimum atomic E-state index is -0.551.